The van der Waals surface area contributed by atoms with Gasteiger partial charge < -0.3 is 9.64 Å². The van der Waals surface area contributed by atoms with Crippen LogP contribution in [-0.2, 0) is 9.53 Å². The lowest BCUT2D eigenvalue weighted by molar-refractivity contribution is -0.134. The minimum Gasteiger partial charge on any atom is -0.376 e. The van der Waals surface area contributed by atoms with Crippen molar-refractivity contribution in [1.82, 2.24) is 10.2 Å². The second-order valence-corrected chi connectivity index (χ2v) is 7.36. The molecule has 1 amide bonds. The van der Waals surface area contributed by atoms with Crippen molar-refractivity contribution in [1.29, 1.82) is 0 Å². The van der Waals surface area contributed by atoms with Gasteiger partial charge in [-0.3, -0.25) is 10.1 Å². The first-order valence-electron chi connectivity index (χ1n) is 8.85. The van der Waals surface area contributed by atoms with Crippen LogP contribution in [0.3, 0.4) is 0 Å². The number of carbonyl (C=O) groups is 1. The van der Waals surface area contributed by atoms with Crippen molar-refractivity contribution in [2.45, 2.75) is 77.1 Å². The van der Waals surface area contributed by atoms with Gasteiger partial charge in [0.25, 0.3) is 0 Å². The first kappa shape index (κ1) is 15.3. The Morgan fingerprint density at radius 2 is 1.90 bits per heavy atom. The first-order valence-corrected chi connectivity index (χ1v) is 8.85. The second-order valence-electron chi connectivity index (χ2n) is 7.36. The number of rotatable bonds is 4. The van der Waals surface area contributed by atoms with Gasteiger partial charge >= 0.3 is 0 Å². The summed E-state index contributed by atoms with van der Waals surface area (Å²) in [7, 11) is 0. The van der Waals surface area contributed by atoms with E-state index in [9.17, 15) is 4.79 Å². The molecular formula is C17H30N2O2. The first-order chi connectivity index (χ1) is 10.2. The minimum absolute atomic E-state index is 0.000749. The van der Waals surface area contributed by atoms with Gasteiger partial charge in [0.2, 0.25) is 5.91 Å². The lowest BCUT2D eigenvalue weighted by Gasteiger charge is -2.33. The minimum atomic E-state index is -0.000749. The molecule has 4 nitrogen and oxygen atoms in total. The summed E-state index contributed by atoms with van der Waals surface area (Å²) >= 11 is 0. The van der Waals surface area contributed by atoms with Crippen LogP contribution < -0.4 is 5.32 Å². The number of nitrogens with zero attached hydrogens (tertiary/aromatic N) is 1. The van der Waals surface area contributed by atoms with Crippen molar-refractivity contribution in [2.75, 3.05) is 13.2 Å². The number of nitrogens with one attached hydrogen (secondary N) is 1. The highest BCUT2D eigenvalue weighted by atomic mass is 16.5. The Labute approximate surface area is 128 Å². The molecule has 2 saturated heterocycles. The summed E-state index contributed by atoms with van der Waals surface area (Å²) in [4.78, 5) is 14.9. The smallest absolute Gasteiger partial charge is 0.241 e. The third kappa shape index (κ3) is 3.26. The highest BCUT2D eigenvalue weighted by molar-refractivity contribution is 5.84. The van der Waals surface area contributed by atoms with Crippen LogP contribution >= 0.6 is 0 Å². The van der Waals surface area contributed by atoms with Crippen molar-refractivity contribution in [3.8, 4) is 0 Å². The Hall–Kier alpha value is -0.610. The molecule has 3 atom stereocenters. The average molecular weight is 294 g/mol. The fraction of sp³-hybridized carbons (Fsp3) is 0.941. The van der Waals surface area contributed by atoms with E-state index in [1.165, 1.54) is 38.5 Å². The van der Waals surface area contributed by atoms with Gasteiger partial charge in [-0.2, -0.15) is 0 Å². The summed E-state index contributed by atoms with van der Waals surface area (Å²) < 4.78 is 5.87. The molecule has 3 fully saturated rings. The van der Waals surface area contributed by atoms with Crippen LogP contribution in [0.1, 0.15) is 58.8 Å². The van der Waals surface area contributed by atoms with Gasteiger partial charge in [0.05, 0.1) is 18.3 Å². The molecule has 4 heteroatoms. The summed E-state index contributed by atoms with van der Waals surface area (Å²) in [5, 5.41) is 3.64. The van der Waals surface area contributed by atoms with E-state index in [2.05, 4.69) is 24.1 Å². The zero-order valence-electron chi connectivity index (χ0n) is 13.5. The Kier molecular flexibility index (Phi) is 4.85. The maximum atomic E-state index is 12.8. The Bertz CT molecular complexity index is 360. The molecule has 1 saturated carbocycles. The fourth-order valence-corrected chi connectivity index (χ4v) is 4.18. The van der Waals surface area contributed by atoms with E-state index in [-0.39, 0.29) is 18.3 Å². The molecule has 0 bridgehead atoms. The molecule has 2 heterocycles. The maximum absolute atomic E-state index is 12.8. The van der Waals surface area contributed by atoms with Gasteiger partial charge in [-0.05, 0) is 43.9 Å². The molecule has 3 aliphatic rings. The Balaban J connectivity index is 1.70. The van der Waals surface area contributed by atoms with E-state index in [1.54, 1.807) is 0 Å². The van der Waals surface area contributed by atoms with E-state index in [1.807, 2.05) is 0 Å². The zero-order valence-corrected chi connectivity index (χ0v) is 13.5. The second kappa shape index (κ2) is 6.66. The molecule has 0 spiro atoms. The molecule has 3 rings (SSSR count). The largest absolute Gasteiger partial charge is 0.376 e. The van der Waals surface area contributed by atoms with Gasteiger partial charge in [-0.15, -0.1) is 0 Å². The maximum Gasteiger partial charge on any atom is 0.241 e. The van der Waals surface area contributed by atoms with Gasteiger partial charge in [0.1, 0.15) is 0 Å². The lowest BCUT2D eigenvalue weighted by Crippen LogP contribution is -2.46. The molecular weight excluding hydrogens is 264 g/mol. The number of ether oxygens (including phenoxy) is 1. The van der Waals surface area contributed by atoms with Gasteiger partial charge in [-0.25, -0.2) is 0 Å². The van der Waals surface area contributed by atoms with Crippen LogP contribution in [-0.4, -0.2) is 42.3 Å². The van der Waals surface area contributed by atoms with Crippen molar-refractivity contribution in [3.63, 3.8) is 0 Å². The van der Waals surface area contributed by atoms with Crippen molar-refractivity contribution < 1.29 is 9.53 Å². The molecule has 3 unspecified atom stereocenters. The van der Waals surface area contributed by atoms with Crippen LogP contribution in [0.25, 0.3) is 0 Å². The van der Waals surface area contributed by atoms with E-state index < -0.39 is 0 Å². The van der Waals surface area contributed by atoms with Crippen LogP contribution in [0.15, 0.2) is 0 Å². The lowest BCUT2D eigenvalue weighted by atomic mass is 10.0. The zero-order chi connectivity index (χ0) is 14.8. The van der Waals surface area contributed by atoms with Crippen molar-refractivity contribution in [3.05, 3.63) is 0 Å². The molecule has 0 radical (unpaired) electrons. The average Bonchev–Trinajstić information content (AvgIpc) is 3.09. The highest BCUT2D eigenvalue weighted by Crippen LogP contribution is 2.33. The summed E-state index contributed by atoms with van der Waals surface area (Å²) in [6.45, 7) is 5.93. The Morgan fingerprint density at radius 3 is 2.52 bits per heavy atom. The van der Waals surface area contributed by atoms with Gasteiger partial charge in [-0.1, -0.05) is 26.7 Å². The molecule has 0 aromatic rings. The summed E-state index contributed by atoms with van der Waals surface area (Å²) in [5.74, 6) is 1.30. The van der Waals surface area contributed by atoms with Crippen LogP contribution in [0.4, 0.5) is 0 Å². The van der Waals surface area contributed by atoms with Gasteiger partial charge in [0, 0.05) is 13.2 Å². The topological polar surface area (TPSA) is 41.6 Å². The van der Waals surface area contributed by atoms with Crippen LogP contribution in [0.2, 0.25) is 0 Å². The summed E-state index contributed by atoms with van der Waals surface area (Å²) in [6.07, 6.45) is 9.17. The molecule has 1 aliphatic carbocycles. The van der Waals surface area contributed by atoms with E-state index in [0.717, 1.165) is 19.6 Å². The van der Waals surface area contributed by atoms with Crippen LogP contribution in [0.5, 0.6) is 0 Å². The SMILES string of the molecule is CC(C)C1NC(C2CCCC2)N(CC2CCCCO2)C1=O. The normalized spacial score (nSPS) is 35.1. The monoisotopic (exact) mass is 294 g/mol. The van der Waals surface area contributed by atoms with E-state index in [0.29, 0.717) is 17.7 Å². The van der Waals surface area contributed by atoms with Crippen molar-refractivity contribution in [2.24, 2.45) is 11.8 Å². The number of hydrogen-bond donors (Lipinski definition) is 1. The highest BCUT2D eigenvalue weighted by Gasteiger charge is 2.44. The molecule has 1 N–H and O–H groups in total. The molecule has 0 aromatic carbocycles. The quantitative estimate of drug-likeness (QED) is 0.866. The summed E-state index contributed by atoms with van der Waals surface area (Å²) in [5.41, 5.74) is 0. The Morgan fingerprint density at radius 1 is 1.19 bits per heavy atom. The van der Waals surface area contributed by atoms with Crippen molar-refractivity contribution >= 4 is 5.91 Å². The standard InChI is InChI=1S/C17H30N2O2/c1-12(2)15-17(20)19(11-14-9-5-6-10-21-14)16(18-15)13-7-3-4-8-13/h12-16,18H,3-11H2,1-2H3. The molecule has 21 heavy (non-hydrogen) atoms. The summed E-state index contributed by atoms with van der Waals surface area (Å²) in [6, 6.07) is -0.000749. The van der Waals surface area contributed by atoms with E-state index >= 15 is 0 Å². The van der Waals surface area contributed by atoms with Gasteiger partial charge in [0.15, 0.2) is 0 Å². The number of amides is 1. The molecule has 2 aliphatic heterocycles. The molecule has 0 aromatic heterocycles. The fourth-order valence-electron chi connectivity index (χ4n) is 4.18. The van der Waals surface area contributed by atoms with E-state index in [4.69, 9.17) is 4.74 Å². The number of carbonyl (C=O) groups excluding carboxylic acids is 1. The third-order valence-corrected chi connectivity index (χ3v) is 5.42. The molecule has 120 valence electrons. The predicted molar refractivity (Wildman–Crippen MR) is 82.8 cm³/mol. The third-order valence-electron chi connectivity index (χ3n) is 5.42. The predicted octanol–water partition coefficient (Wildman–Crippen LogP) is 2.53. The number of hydrogen-bond acceptors (Lipinski definition) is 3. The van der Waals surface area contributed by atoms with Crippen LogP contribution in [0, 0.1) is 11.8 Å².